The molecule has 8 heteroatoms. The van der Waals surface area contributed by atoms with Crippen molar-refractivity contribution in [1.29, 1.82) is 0 Å². The Kier molecular flexibility index (Phi) is 8.22. The number of aliphatic carboxylic acids is 1. The van der Waals surface area contributed by atoms with Gasteiger partial charge in [0.15, 0.2) is 0 Å². The van der Waals surface area contributed by atoms with Gasteiger partial charge in [0.25, 0.3) is 0 Å². The summed E-state index contributed by atoms with van der Waals surface area (Å²) in [4.78, 5) is 45.9. The molecule has 0 spiro atoms. The fourth-order valence-electron chi connectivity index (χ4n) is 4.10. The van der Waals surface area contributed by atoms with Crippen molar-refractivity contribution in [2.24, 2.45) is 0 Å². The monoisotopic (exact) mass is 489 g/mol. The highest BCUT2D eigenvalue weighted by atomic mass is 16.4. The molecule has 1 saturated heterocycles. The first kappa shape index (κ1) is 26.2. The summed E-state index contributed by atoms with van der Waals surface area (Å²) in [5, 5.41) is 26.4. The van der Waals surface area contributed by atoms with E-state index in [1.165, 1.54) is 30.0 Å². The highest BCUT2D eigenvalue weighted by Gasteiger charge is 2.37. The fourth-order valence-corrected chi connectivity index (χ4v) is 4.10. The van der Waals surface area contributed by atoms with Crippen LogP contribution >= 0.6 is 0 Å². The van der Waals surface area contributed by atoms with E-state index < -0.39 is 23.9 Å². The van der Waals surface area contributed by atoms with Crippen molar-refractivity contribution in [3.8, 4) is 11.1 Å². The molecule has 0 aliphatic carbocycles. The Morgan fingerprint density at radius 1 is 0.833 bits per heavy atom. The van der Waals surface area contributed by atoms with Crippen LogP contribution in [-0.4, -0.2) is 56.6 Å². The predicted molar refractivity (Wildman–Crippen MR) is 133 cm³/mol. The second kappa shape index (κ2) is 11.3. The first-order valence-corrected chi connectivity index (χ1v) is 11.3. The third-order valence-corrected chi connectivity index (χ3v) is 6.15. The molecule has 3 N–H and O–H groups in total. The van der Waals surface area contributed by atoms with Gasteiger partial charge in [-0.25, -0.2) is 14.4 Å². The molecule has 3 aromatic rings. The maximum Gasteiger partial charge on any atom is 0.335 e. The van der Waals surface area contributed by atoms with E-state index in [4.69, 9.17) is 15.3 Å². The number of likely N-dealkylation sites (tertiary alicyclic amines) is 1. The van der Waals surface area contributed by atoms with Gasteiger partial charge in [0.1, 0.15) is 6.04 Å². The van der Waals surface area contributed by atoms with Crippen LogP contribution in [0.15, 0.2) is 66.7 Å². The molecular formula is C28H27NO7. The Hall–Kier alpha value is -4.46. The number of rotatable bonds is 6. The van der Waals surface area contributed by atoms with Gasteiger partial charge in [0, 0.05) is 6.54 Å². The molecule has 1 heterocycles. The molecule has 1 aliphatic rings. The van der Waals surface area contributed by atoms with Crippen LogP contribution in [0.5, 0.6) is 0 Å². The molecule has 186 valence electrons. The third-order valence-electron chi connectivity index (χ3n) is 6.15. The molecule has 1 fully saturated rings. The van der Waals surface area contributed by atoms with E-state index in [-0.39, 0.29) is 29.0 Å². The van der Waals surface area contributed by atoms with Crippen molar-refractivity contribution in [3.63, 3.8) is 0 Å². The zero-order chi connectivity index (χ0) is 26.4. The number of aromatic carboxylic acids is 2. The number of benzene rings is 3. The number of carbonyl (C=O) groups is 4. The molecule has 0 bridgehead atoms. The molecule has 1 atom stereocenters. The minimum atomic E-state index is -1.11. The van der Waals surface area contributed by atoms with Gasteiger partial charge in [-0.2, -0.15) is 0 Å². The van der Waals surface area contributed by atoms with Crippen molar-refractivity contribution < 1.29 is 34.5 Å². The minimum Gasteiger partial charge on any atom is -0.480 e. The topological polar surface area (TPSA) is 132 Å². The van der Waals surface area contributed by atoms with Crippen molar-refractivity contribution in [3.05, 3.63) is 94.5 Å². The van der Waals surface area contributed by atoms with Gasteiger partial charge in [0.2, 0.25) is 5.91 Å². The van der Waals surface area contributed by atoms with Crippen molar-refractivity contribution in [1.82, 2.24) is 4.90 Å². The lowest BCUT2D eigenvalue weighted by Crippen LogP contribution is -2.55. The van der Waals surface area contributed by atoms with Crippen molar-refractivity contribution in [2.45, 2.75) is 32.7 Å². The number of aryl methyl sites for hydroxylation is 1. The molecule has 0 saturated carbocycles. The standard InChI is InChI=1S/C19H19NO3.C9H8O4/c1-13-11-14(7-8-16(13)15-5-3-2-4-6-15)12-18(21)20-10-9-17(20)19(22)23;1-5-6(8(10)11)3-2-4-7(5)9(12)13/h2-8,11,17H,9-10,12H2,1H3,(H,22,23);2-4H,1H3,(H,10,11)(H,12,13). The molecule has 36 heavy (non-hydrogen) atoms. The SMILES string of the molecule is Cc1c(C(=O)O)cccc1C(=O)O.Cc1cc(CC(=O)N2CCC2C(=O)O)ccc1-c1ccccc1. The van der Waals surface area contributed by atoms with Crippen LogP contribution in [0.25, 0.3) is 11.1 Å². The first-order valence-electron chi connectivity index (χ1n) is 11.3. The predicted octanol–water partition coefficient (Wildman–Crippen LogP) is 4.28. The number of carboxylic acids is 3. The molecule has 1 aliphatic heterocycles. The van der Waals surface area contributed by atoms with E-state index in [2.05, 4.69) is 12.1 Å². The summed E-state index contributed by atoms with van der Waals surface area (Å²) in [6, 6.07) is 19.6. The second-order valence-corrected chi connectivity index (χ2v) is 8.51. The van der Waals surface area contributed by atoms with E-state index in [9.17, 15) is 19.2 Å². The van der Waals surface area contributed by atoms with Gasteiger partial charge < -0.3 is 20.2 Å². The van der Waals surface area contributed by atoms with Gasteiger partial charge >= 0.3 is 17.9 Å². The van der Waals surface area contributed by atoms with Crippen LogP contribution in [0.2, 0.25) is 0 Å². The molecule has 4 rings (SSSR count). The van der Waals surface area contributed by atoms with Crippen molar-refractivity contribution >= 4 is 23.8 Å². The van der Waals surface area contributed by atoms with Gasteiger partial charge in [-0.05, 0) is 60.2 Å². The van der Waals surface area contributed by atoms with E-state index in [1.54, 1.807) is 0 Å². The molecule has 0 radical (unpaired) electrons. The Labute approximate surface area is 208 Å². The second-order valence-electron chi connectivity index (χ2n) is 8.51. The third kappa shape index (κ3) is 5.96. The zero-order valence-electron chi connectivity index (χ0n) is 20.0. The number of hydrogen-bond acceptors (Lipinski definition) is 4. The van der Waals surface area contributed by atoms with Crippen LogP contribution in [-0.2, 0) is 16.0 Å². The number of carbonyl (C=O) groups excluding carboxylic acids is 1. The highest BCUT2D eigenvalue weighted by Crippen LogP contribution is 2.25. The first-order chi connectivity index (χ1) is 17.1. The normalized spacial score (nSPS) is 14.2. The van der Waals surface area contributed by atoms with E-state index in [0.717, 1.165) is 22.3 Å². The van der Waals surface area contributed by atoms with Crippen LogP contribution < -0.4 is 0 Å². The number of hydrogen-bond donors (Lipinski definition) is 3. The smallest absolute Gasteiger partial charge is 0.335 e. The van der Waals surface area contributed by atoms with Crippen LogP contribution in [0.3, 0.4) is 0 Å². The number of carboxylic acid groups (broad SMARTS) is 3. The van der Waals surface area contributed by atoms with E-state index >= 15 is 0 Å². The van der Waals surface area contributed by atoms with Crippen LogP contribution in [0, 0.1) is 13.8 Å². The molecule has 8 nitrogen and oxygen atoms in total. The molecular weight excluding hydrogens is 462 g/mol. The van der Waals surface area contributed by atoms with E-state index in [0.29, 0.717) is 13.0 Å². The summed E-state index contributed by atoms with van der Waals surface area (Å²) >= 11 is 0. The Morgan fingerprint density at radius 3 is 1.92 bits per heavy atom. The van der Waals surface area contributed by atoms with Crippen molar-refractivity contribution in [2.75, 3.05) is 6.54 Å². The number of nitrogens with zero attached hydrogens (tertiary/aromatic N) is 1. The Bertz CT molecular complexity index is 1270. The lowest BCUT2D eigenvalue weighted by Gasteiger charge is -2.38. The molecule has 1 unspecified atom stereocenters. The van der Waals surface area contributed by atoms with Crippen LogP contribution in [0.4, 0.5) is 0 Å². The Morgan fingerprint density at radius 2 is 1.44 bits per heavy atom. The summed E-state index contributed by atoms with van der Waals surface area (Å²) in [6.07, 6.45) is 0.798. The Balaban J connectivity index is 0.000000236. The van der Waals surface area contributed by atoms with Gasteiger partial charge in [-0.15, -0.1) is 0 Å². The lowest BCUT2D eigenvalue weighted by atomic mass is 9.96. The maximum absolute atomic E-state index is 12.2. The average molecular weight is 490 g/mol. The van der Waals surface area contributed by atoms with E-state index in [1.807, 2.05) is 43.3 Å². The maximum atomic E-state index is 12.2. The van der Waals surface area contributed by atoms with Gasteiger partial charge in [-0.3, -0.25) is 4.79 Å². The molecule has 3 aromatic carbocycles. The lowest BCUT2D eigenvalue weighted by molar-refractivity contribution is -0.156. The van der Waals surface area contributed by atoms with Crippen LogP contribution in [0.1, 0.15) is 43.8 Å². The minimum absolute atomic E-state index is 0.0277. The van der Waals surface area contributed by atoms with Gasteiger partial charge in [-0.1, -0.05) is 54.6 Å². The summed E-state index contributed by atoms with van der Waals surface area (Å²) < 4.78 is 0. The highest BCUT2D eigenvalue weighted by molar-refractivity contribution is 5.96. The van der Waals surface area contributed by atoms with Gasteiger partial charge in [0.05, 0.1) is 17.5 Å². The largest absolute Gasteiger partial charge is 0.480 e. The fraction of sp³-hybridized carbons (Fsp3) is 0.214. The summed E-state index contributed by atoms with van der Waals surface area (Å²) in [5.41, 5.74) is 4.66. The summed E-state index contributed by atoms with van der Waals surface area (Å²) in [5.74, 6) is -3.25. The number of amides is 1. The average Bonchev–Trinajstić information content (AvgIpc) is 2.78. The zero-order valence-corrected chi connectivity index (χ0v) is 20.0. The summed E-state index contributed by atoms with van der Waals surface area (Å²) in [6.45, 7) is 4.05. The summed E-state index contributed by atoms with van der Waals surface area (Å²) in [7, 11) is 0. The molecule has 0 aromatic heterocycles. The quantitative estimate of drug-likeness (QED) is 0.471. The molecule has 1 amide bonds.